The van der Waals surface area contributed by atoms with Gasteiger partial charge in [-0.3, -0.25) is 4.79 Å². The lowest BCUT2D eigenvalue weighted by atomic mass is 9.46. The van der Waals surface area contributed by atoms with Crippen molar-refractivity contribution in [2.75, 3.05) is 7.11 Å². The Morgan fingerprint density at radius 1 is 1.19 bits per heavy atom. The predicted octanol–water partition coefficient (Wildman–Crippen LogP) is 5.56. The van der Waals surface area contributed by atoms with Crippen molar-refractivity contribution in [1.29, 1.82) is 0 Å². The van der Waals surface area contributed by atoms with Gasteiger partial charge in [0.25, 0.3) is 0 Å². The van der Waals surface area contributed by atoms with Gasteiger partial charge in [0.05, 0.1) is 24.8 Å². The van der Waals surface area contributed by atoms with E-state index >= 15 is 0 Å². The summed E-state index contributed by atoms with van der Waals surface area (Å²) in [6.45, 7) is 10.1. The molecule has 4 rings (SSSR count). The Balaban J connectivity index is 1.44. The zero-order valence-corrected chi connectivity index (χ0v) is 20.6. The molecule has 1 heterocycles. The largest absolute Gasteiger partial charge is 0.469 e. The Bertz CT molecular complexity index is 807. The van der Waals surface area contributed by atoms with Gasteiger partial charge in [-0.25, -0.2) is 0 Å². The van der Waals surface area contributed by atoms with Crippen molar-refractivity contribution in [1.82, 2.24) is 0 Å². The van der Waals surface area contributed by atoms with E-state index in [0.29, 0.717) is 11.8 Å². The smallest absolute Gasteiger partial charge is 0.311 e. The number of furan rings is 1. The molecule has 2 N–H and O–H groups in total. The number of esters is 1. The van der Waals surface area contributed by atoms with E-state index in [-0.39, 0.29) is 16.8 Å². The number of rotatable bonds is 7. The molecule has 0 saturated heterocycles. The van der Waals surface area contributed by atoms with Crippen LogP contribution >= 0.6 is 0 Å². The zero-order chi connectivity index (χ0) is 22.8. The first kappa shape index (κ1) is 23.6. The molecule has 0 bridgehead atoms. The molecule has 178 valence electrons. The van der Waals surface area contributed by atoms with E-state index < -0.39 is 0 Å². The molecule has 4 heteroatoms. The maximum atomic E-state index is 12.8. The number of carbonyl (C=O) groups excluding carboxylic acids is 1. The van der Waals surface area contributed by atoms with E-state index in [1.807, 2.05) is 6.26 Å². The minimum Gasteiger partial charge on any atom is -0.469 e. The van der Waals surface area contributed by atoms with Gasteiger partial charge in [-0.15, -0.1) is 0 Å². The molecule has 0 aliphatic heterocycles. The summed E-state index contributed by atoms with van der Waals surface area (Å²) in [5.41, 5.74) is 2.50. The minimum absolute atomic E-state index is 0.0185. The fraction of sp³-hybridized carbons (Fsp3) is 0.750. The summed E-state index contributed by atoms with van der Waals surface area (Å²) in [6, 6.07) is 2.94. The molecule has 4 nitrogen and oxygen atoms in total. The number of methoxy groups -OCH3 is 1. The lowest BCUT2D eigenvalue weighted by Gasteiger charge is -2.57. The molecule has 0 aromatic carbocycles. The number of allylic oxidation sites excluding steroid dienone is 1. The van der Waals surface area contributed by atoms with Crippen molar-refractivity contribution in [2.45, 2.75) is 103 Å². The highest BCUT2D eigenvalue weighted by Crippen LogP contribution is 2.62. The van der Waals surface area contributed by atoms with Crippen molar-refractivity contribution in [3.63, 3.8) is 0 Å². The molecule has 3 aliphatic rings. The van der Waals surface area contributed by atoms with Crippen LogP contribution in [0, 0.1) is 22.7 Å². The fourth-order valence-electron chi connectivity index (χ4n) is 7.67. The first-order chi connectivity index (χ1) is 15.4. The van der Waals surface area contributed by atoms with Gasteiger partial charge in [0, 0.05) is 0 Å². The molecule has 3 aliphatic carbocycles. The van der Waals surface area contributed by atoms with Gasteiger partial charge in [-0.05, 0) is 100 Å². The number of fused-ring (bicyclic) bond motifs is 1. The molecular weight excluding hydrogens is 398 g/mol. The first-order valence-corrected chi connectivity index (χ1v) is 13.0. The Kier molecular flexibility index (Phi) is 7.19. The summed E-state index contributed by atoms with van der Waals surface area (Å²) in [5.74, 6) is 1.96. The van der Waals surface area contributed by atoms with Gasteiger partial charge in [0.2, 0.25) is 0 Å². The summed E-state index contributed by atoms with van der Waals surface area (Å²) >= 11 is 0. The number of quaternary nitrogens is 1. The second kappa shape index (κ2) is 9.75. The Hall–Kier alpha value is -1.55. The third-order valence-corrected chi connectivity index (χ3v) is 9.50. The minimum atomic E-state index is -0.365. The molecule has 1 aromatic heterocycles. The third kappa shape index (κ3) is 4.44. The van der Waals surface area contributed by atoms with Crippen molar-refractivity contribution >= 4 is 5.97 Å². The molecule has 4 atom stereocenters. The van der Waals surface area contributed by atoms with Gasteiger partial charge < -0.3 is 14.5 Å². The topological polar surface area (TPSA) is 56.0 Å². The van der Waals surface area contributed by atoms with E-state index in [0.717, 1.165) is 56.9 Å². The van der Waals surface area contributed by atoms with Crippen molar-refractivity contribution in [3.8, 4) is 0 Å². The van der Waals surface area contributed by atoms with Gasteiger partial charge >= 0.3 is 5.97 Å². The number of carbonyl (C=O) groups is 1. The normalized spacial score (nSPS) is 33.7. The van der Waals surface area contributed by atoms with Crippen LogP contribution in [-0.2, 0) is 22.5 Å². The monoisotopic (exact) mass is 442 g/mol. The second-order valence-electron chi connectivity index (χ2n) is 11.3. The molecular formula is C28H44NO3+. The molecule has 0 amide bonds. The van der Waals surface area contributed by atoms with Crippen molar-refractivity contribution < 1.29 is 19.3 Å². The lowest BCUT2D eigenvalue weighted by molar-refractivity contribution is -0.708. The van der Waals surface area contributed by atoms with Crippen molar-refractivity contribution in [3.05, 3.63) is 35.8 Å². The van der Waals surface area contributed by atoms with Crippen LogP contribution in [0.4, 0.5) is 0 Å². The van der Waals surface area contributed by atoms with E-state index in [9.17, 15) is 4.79 Å². The van der Waals surface area contributed by atoms with Crippen molar-refractivity contribution in [2.24, 2.45) is 22.7 Å². The van der Waals surface area contributed by atoms with Crippen LogP contribution in [0.2, 0.25) is 0 Å². The van der Waals surface area contributed by atoms with E-state index in [2.05, 4.69) is 31.8 Å². The average molecular weight is 443 g/mol. The Morgan fingerprint density at radius 3 is 2.72 bits per heavy atom. The second-order valence-corrected chi connectivity index (χ2v) is 11.3. The molecule has 0 radical (unpaired) electrons. The highest BCUT2D eigenvalue weighted by atomic mass is 16.5. The number of aryl methyl sites for hydroxylation is 1. The zero-order valence-electron chi connectivity index (χ0n) is 20.6. The summed E-state index contributed by atoms with van der Waals surface area (Å²) in [6.07, 6.45) is 16.2. The quantitative estimate of drug-likeness (QED) is 0.444. The molecule has 0 spiro atoms. The average Bonchev–Trinajstić information content (AvgIpc) is 3.24. The maximum Gasteiger partial charge on any atom is 0.311 e. The standard InChI is InChI=1S/C28H43NO3/c1-20-11-14-25-27(2,16-8-17-28(25,3)26(30)31-4)23(20)13-12-21-15-18-32-24(21)19-29-22-9-6-5-7-10-22/h15,18,22-23,25,29H,1,5-14,16-17,19H2,2-4H3/p+1/t23-,25-,27-,28+/m0/s1. The van der Waals surface area contributed by atoms with Crippen LogP contribution in [0.1, 0.15) is 95.8 Å². The van der Waals surface area contributed by atoms with Crippen LogP contribution in [0.5, 0.6) is 0 Å². The number of ether oxygens (including phenoxy) is 1. The first-order valence-electron chi connectivity index (χ1n) is 13.0. The highest BCUT2D eigenvalue weighted by Gasteiger charge is 2.57. The SMILES string of the molecule is C=C1CC[C@H]2[C@@](C)(CCC[C@@]2(C)C(=O)OC)[C@H]1CCc1ccoc1C[NH2+]C1CCCCC1. The summed E-state index contributed by atoms with van der Waals surface area (Å²) < 4.78 is 11.2. The Labute approximate surface area is 194 Å². The maximum absolute atomic E-state index is 12.8. The van der Waals surface area contributed by atoms with Crippen LogP contribution in [-0.4, -0.2) is 19.1 Å². The van der Waals surface area contributed by atoms with Crippen LogP contribution < -0.4 is 5.32 Å². The van der Waals surface area contributed by atoms with E-state index in [1.54, 1.807) is 7.11 Å². The fourth-order valence-corrected chi connectivity index (χ4v) is 7.67. The van der Waals surface area contributed by atoms with Crippen LogP contribution in [0.3, 0.4) is 0 Å². The molecule has 3 fully saturated rings. The van der Waals surface area contributed by atoms with Gasteiger partial charge in [-0.2, -0.15) is 0 Å². The predicted molar refractivity (Wildman–Crippen MR) is 127 cm³/mol. The third-order valence-electron chi connectivity index (χ3n) is 9.50. The molecule has 1 aromatic rings. The van der Waals surface area contributed by atoms with Crippen LogP contribution in [0.15, 0.2) is 28.9 Å². The number of hydrogen-bond acceptors (Lipinski definition) is 3. The lowest BCUT2D eigenvalue weighted by Crippen LogP contribution is -2.88. The highest BCUT2D eigenvalue weighted by molar-refractivity contribution is 5.77. The van der Waals surface area contributed by atoms with Gasteiger partial charge in [-0.1, -0.05) is 31.9 Å². The summed E-state index contributed by atoms with van der Waals surface area (Å²) in [4.78, 5) is 12.8. The van der Waals surface area contributed by atoms with Crippen LogP contribution in [0.25, 0.3) is 0 Å². The van der Waals surface area contributed by atoms with E-state index in [4.69, 9.17) is 9.15 Å². The summed E-state index contributed by atoms with van der Waals surface area (Å²) in [5, 5.41) is 2.50. The number of nitrogens with two attached hydrogens (primary N) is 1. The summed E-state index contributed by atoms with van der Waals surface area (Å²) in [7, 11) is 1.55. The van der Waals surface area contributed by atoms with E-state index in [1.165, 1.54) is 49.7 Å². The molecule has 0 unspecified atom stereocenters. The number of hydrogen-bond donors (Lipinski definition) is 1. The van der Waals surface area contributed by atoms with Gasteiger partial charge in [0.1, 0.15) is 6.54 Å². The molecule has 32 heavy (non-hydrogen) atoms. The Morgan fingerprint density at radius 2 is 1.97 bits per heavy atom. The molecule has 3 saturated carbocycles. The van der Waals surface area contributed by atoms with Gasteiger partial charge in [0.15, 0.2) is 5.76 Å².